The molecule has 0 saturated carbocycles. The Kier molecular flexibility index (Phi) is 4.71. The fourth-order valence-corrected chi connectivity index (χ4v) is 2.22. The first-order chi connectivity index (χ1) is 9.79. The topological polar surface area (TPSA) is 50.9 Å². The summed E-state index contributed by atoms with van der Waals surface area (Å²) in [5.41, 5.74) is 1.09. The Morgan fingerprint density at radius 3 is 2.57 bits per heavy atom. The van der Waals surface area contributed by atoms with E-state index < -0.39 is 6.10 Å². The Labute approximate surface area is 134 Å². The van der Waals surface area contributed by atoms with Gasteiger partial charge in [-0.3, -0.25) is 0 Å². The number of hydrogen-bond acceptors (Lipinski definition) is 3. The molecule has 0 amide bonds. The zero-order chi connectivity index (χ0) is 15.6. The summed E-state index contributed by atoms with van der Waals surface area (Å²) in [7, 11) is 0. The number of hydrogen-bond donors (Lipinski definition) is 1. The van der Waals surface area contributed by atoms with Gasteiger partial charge in [-0.2, -0.15) is 5.10 Å². The monoisotopic (exact) mass is 325 g/mol. The van der Waals surface area contributed by atoms with Gasteiger partial charge in [-0.25, -0.2) is 9.67 Å². The van der Waals surface area contributed by atoms with Gasteiger partial charge in [-0.1, -0.05) is 44.0 Å². The molecule has 4 nitrogen and oxygen atoms in total. The van der Waals surface area contributed by atoms with Crippen LogP contribution < -0.4 is 0 Å². The molecule has 1 aromatic heterocycles. The van der Waals surface area contributed by atoms with Gasteiger partial charge in [0.05, 0.1) is 16.8 Å². The van der Waals surface area contributed by atoms with Crippen molar-refractivity contribution in [3.63, 3.8) is 0 Å². The summed E-state index contributed by atoms with van der Waals surface area (Å²) in [4.78, 5) is 3.95. The van der Waals surface area contributed by atoms with Crippen LogP contribution in [0.3, 0.4) is 0 Å². The third-order valence-corrected chi connectivity index (χ3v) is 3.62. The van der Waals surface area contributed by atoms with Crippen LogP contribution in [0.1, 0.15) is 26.3 Å². The zero-order valence-corrected chi connectivity index (χ0v) is 13.6. The Morgan fingerprint density at radius 1 is 1.33 bits per heavy atom. The Balaban J connectivity index is 2.55. The first kappa shape index (κ1) is 16.0. The summed E-state index contributed by atoms with van der Waals surface area (Å²) >= 11 is 12.2. The van der Waals surface area contributed by atoms with Crippen molar-refractivity contribution in [3.8, 4) is 0 Å². The van der Waals surface area contributed by atoms with E-state index >= 15 is 0 Å². The Hall–Kier alpha value is -1.36. The smallest absolute Gasteiger partial charge is 0.138 e. The molecule has 1 aromatic carbocycles. The molecule has 0 aliphatic heterocycles. The molecule has 0 fully saturated rings. The van der Waals surface area contributed by atoms with E-state index in [9.17, 15) is 5.11 Å². The van der Waals surface area contributed by atoms with E-state index in [0.29, 0.717) is 15.7 Å². The summed E-state index contributed by atoms with van der Waals surface area (Å²) in [5, 5.41) is 15.5. The van der Waals surface area contributed by atoms with Gasteiger partial charge in [0.25, 0.3) is 0 Å². The number of aliphatic hydroxyl groups excluding tert-OH is 1. The standard InChI is InChI=1S/C15H17Cl2N3O/c1-15(2,3)14(21)7-13(20-9-18-8-19-20)11-5-4-10(16)6-12(11)17/h4-9,14,21H,1-3H3/b13-7+. The van der Waals surface area contributed by atoms with E-state index in [2.05, 4.69) is 10.1 Å². The number of benzene rings is 1. The number of nitrogens with zero attached hydrogens (tertiary/aromatic N) is 3. The Morgan fingerprint density at radius 2 is 2.05 bits per heavy atom. The van der Waals surface area contributed by atoms with Crippen molar-refractivity contribution in [2.24, 2.45) is 5.41 Å². The highest BCUT2D eigenvalue weighted by Crippen LogP contribution is 2.30. The fraction of sp³-hybridized carbons (Fsp3) is 0.333. The molecular weight excluding hydrogens is 309 g/mol. The van der Waals surface area contributed by atoms with E-state index in [4.69, 9.17) is 23.2 Å². The molecule has 1 N–H and O–H groups in total. The molecule has 0 spiro atoms. The molecule has 0 radical (unpaired) electrons. The molecule has 6 heteroatoms. The Bertz CT molecular complexity index is 645. The van der Waals surface area contributed by atoms with Crippen LogP contribution in [0.4, 0.5) is 0 Å². The van der Waals surface area contributed by atoms with Gasteiger partial charge in [0.15, 0.2) is 0 Å². The molecule has 21 heavy (non-hydrogen) atoms. The van der Waals surface area contributed by atoms with Gasteiger partial charge in [0.1, 0.15) is 12.7 Å². The van der Waals surface area contributed by atoms with E-state index in [1.54, 1.807) is 35.3 Å². The predicted molar refractivity (Wildman–Crippen MR) is 85.3 cm³/mol. The lowest BCUT2D eigenvalue weighted by Gasteiger charge is -2.24. The maximum absolute atomic E-state index is 10.4. The third-order valence-electron chi connectivity index (χ3n) is 3.08. The van der Waals surface area contributed by atoms with E-state index in [-0.39, 0.29) is 5.41 Å². The highest BCUT2D eigenvalue weighted by Gasteiger charge is 2.22. The van der Waals surface area contributed by atoms with Crippen molar-refractivity contribution in [1.29, 1.82) is 0 Å². The highest BCUT2D eigenvalue weighted by atomic mass is 35.5. The van der Waals surface area contributed by atoms with Gasteiger partial charge in [0.2, 0.25) is 0 Å². The van der Waals surface area contributed by atoms with Crippen molar-refractivity contribution in [2.75, 3.05) is 0 Å². The van der Waals surface area contributed by atoms with Crippen LogP contribution in [-0.2, 0) is 0 Å². The van der Waals surface area contributed by atoms with Crippen molar-refractivity contribution in [3.05, 3.63) is 52.5 Å². The van der Waals surface area contributed by atoms with Crippen LogP contribution in [0.2, 0.25) is 10.0 Å². The summed E-state index contributed by atoms with van der Waals surface area (Å²) < 4.78 is 1.57. The molecule has 0 aliphatic carbocycles. The van der Waals surface area contributed by atoms with Crippen LogP contribution in [0, 0.1) is 5.41 Å². The number of aliphatic hydroxyl groups is 1. The molecule has 1 atom stereocenters. The number of rotatable bonds is 3. The van der Waals surface area contributed by atoms with Crippen molar-refractivity contribution in [2.45, 2.75) is 26.9 Å². The third kappa shape index (κ3) is 3.84. The van der Waals surface area contributed by atoms with Crippen LogP contribution >= 0.6 is 23.2 Å². The molecule has 1 heterocycles. The van der Waals surface area contributed by atoms with Gasteiger partial charge in [-0.05, 0) is 29.7 Å². The molecule has 0 saturated heterocycles. The van der Waals surface area contributed by atoms with Crippen LogP contribution in [-0.4, -0.2) is 26.0 Å². The quantitative estimate of drug-likeness (QED) is 0.931. The van der Waals surface area contributed by atoms with Crippen LogP contribution in [0.15, 0.2) is 36.9 Å². The largest absolute Gasteiger partial charge is 0.388 e. The van der Waals surface area contributed by atoms with Crippen LogP contribution in [0.5, 0.6) is 0 Å². The summed E-state index contributed by atoms with van der Waals surface area (Å²) in [6.45, 7) is 5.86. The molecule has 2 rings (SSSR count). The predicted octanol–water partition coefficient (Wildman–Crippen LogP) is 3.88. The van der Waals surface area contributed by atoms with Crippen molar-refractivity contribution >= 4 is 28.9 Å². The lowest BCUT2D eigenvalue weighted by Crippen LogP contribution is -2.24. The van der Waals surface area contributed by atoms with Gasteiger partial charge < -0.3 is 5.11 Å². The average Bonchev–Trinajstić information content (AvgIpc) is 2.89. The summed E-state index contributed by atoms with van der Waals surface area (Å²) in [6.07, 6.45) is 4.06. The molecule has 0 bridgehead atoms. The lowest BCUT2D eigenvalue weighted by molar-refractivity contribution is 0.105. The highest BCUT2D eigenvalue weighted by molar-refractivity contribution is 6.35. The average molecular weight is 326 g/mol. The van der Waals surface area contributed by atoms with Crippen molar-refractivity contribution in [1.82, 2.24) is 14.8 Å². The summed E-state index contributed by atoms with van der Waals surface area (Å²) in [6, 6.07) is 5.21. The maximum Gasteiger partial charge on any atom is 0.138 e. The van der Waals surface area contributed by atoms with E-state index in [0.717, 1.165) is 5.56 Å². The minimum atomic E-state index is -0.663. The minimum Gasteiger partial charge on any atom is -0.388 e. The first-order valence-corrected chi connectivity index (χ1v) is 7.25. The SMILES string of the molecule is CC(C)(C)C(O)/C=C(\c1ccc(Cl)cc1Cl)n1cncn1. The molecule has 0 aliphatic rings. The van der Waals surface area contributed by atoms with Crippen molar-refractivity contribution < 1.29 is 5.11 Å². The van der Waals surface area contributed by atoms with Crippen LogP contribution in [0.25, 0.3) is 5.70 Å². The normalized spacial score (nSPS) is 14.3. The van der Waals surface area contributed by atoms with Gasteiger partial charge in [0, 0.05) is 10.6 Å². The molecule has 112 valence electrons. The molecular formula is C15H17Cl2N3O. The first-order valence-electron chi connectivity index (χ1n) is 6.49. The minimum absolute atomic E-state index is 0.301. The van der Waals surface area contributed by atoms with E-state index in [1.807, 2.05) is 20.8 Å². The number of aromatic nitrogens is 3. The second kappa shape index (κ2) is 6.18. The molecule has 1 unspecified atom stereocenters. The van der Waals surface area contributed by atoms with Gasteiger partial charge >= 0.3 is 0 Å². The van der Waals surface area contributed by atoms with E-state index in [1.165, 1.54) is 6.33 Å². The van der Waals surface area contributed by atoms with Gasteiger partial charge in [-0.15, -0.1) is 0 Å². The number of halogens is 2. The lowest BCUT2D eigenvalue weighted by atomic mass is 9.88. The zero-order valence-electron chi connectivity index (χ0n) is 12.1. The molecule has 2 aromatic rings. The second-order valence-electron chi connectivity index (χ2n) is 5.83. The fourth-order valence-electron chi connectivity index (χ4n) is 1.72. The summed E-state index contributed by atoms with van der Waals surface area (Å²) in [5.74, 6) is 0. The maximum atomic E-state index is 10.4. The second-order valence-corrected chi connectivity index (χ2v) is 6.67.